The molecule has 0 bridgehead atoms. The van der Waals surface area contributed by atoms with E-state index in [1.807, 2.05) is 0 Å². The van der Waals surface area contributed by atoms with E-state index in [4.69, 9.17) is 4.74 Å². The lowest BCUT2D eigenvalue weighted by Crippen LogP contribution is -2.26. The molecular weight excluding hydrogens is 367 g/mol. The number of nitro groups is 1. The van der Waals surface area contributed by atoms with Gasteiger partial charge in [0, 0.05) is 13.6 Å². The first kappa shape index (κ1) is 18.5. The highest BCUT2D eigenvalue weighted by atomic mass is 19.4. The van der Waals surface area contributed by atoms with Gasteiger partial charge in [-0.25, -0.2) is 0 Å². The zero-order chi connectivity index (χ0) is 19.8. The lowest BCUT2D eigenvalue weighted by molar-refractivity contribution is -0.384. The summed E-state index contributed by atoms with van der Waals surface area (Å²) in [5.41, 5.74) is 0.0289. The molecule has 0 fully saturated rings. The minimum Gasteiger partial charge on any atom is -0.481 e. The average molecular weight is 381 g/mol. The molecule has 0 unspecified atom stereocenters. The molecular formula is C17H14F3N3O4. The fourth-order valence-electron chi connectivity index (χ4n) is 2.71. The first-order valence-electron chi connectivity index (χ1n) is 7.77. The molecule has 142 valence electrons. The Labute approximate surface area is 151 Å². The second kappa shape index (κ2) is 6.78. The molecule has 0 aliphatic carbocycles. The highest BCUT2D eigenvalue weighted by Crippen LogP contribution is 2.39. The van der Waals surface area contributed by atoms with Crippen LogP contribution in [-0.4, -0.2) is 24.5 Å². The Morgan fingerprint density at radius 1 is 1.26 bits per heavy atom. The molecule has 0 saturated heterocycles. The van der Waals surface area contributed by atoms with Crippen molar-refractivity contribution >= 4 is 23.0 Å². The van der Waals surface area contributed by atoms with Crippen molar-refractivity contribution in [2.45, 2.75) is 12.7 Å². The summed E-state index contributed by atoms with van der Waals surface area (Å²) in [5.74, 6) is -0.194. The molecule has 1 amide bonds. The highest BCUT2D eigenvalue weighted by Gasteiger charge is 2.30. The Balaban J connectivity index is 1.89. The third kappa shape index (κ3) is 3.94. The van der Waals surface area contributed by atoms with Crippen molar-refractivity contribution in [3.63, 3.8) is 0 Å². The van der Waals surface area contributed by atoms with Crippen LogP contribution in [0.5, 0.6) is 5.75 Å². The quantitative estimate of drug-likeness (QED) is 0.646. The smallest absolute Gasteiger partial charge is 0.416 e. The maximum atomic E-state index is 12.6. The lowest BCUT2D eigenvalue weighted by atomic mass is 10.1. The molecule has 7 nitrogen and oxygen atoms in total. The molecule has 2 aromatic carbocycles. The number of hydrogen-bond acceptors (Lipinski definition) is 5. The highest BCUT2D eigenvalue weighted by molar-refractivity contribution is 5.96. The zero-order valence-corrected chi connectivity index (χ0v) is 14.0. The first-order valence-corrected chi connectivity index (χ1v) is 7.77. The van der Waals surface area contributed by atoms with Gasteiger partial charge in [0.25, 0.3) is 11.6 Å². The second-order valence-corrected chi connectivity index (χ2v) is 5.98. The fraction of sp³-hybridized carbons (Fsp3) is 0.235. The van der Waals surface area contributed by atoms with E-state index in [1.165, 1.54) is 29.2 Å². The van der Waals surface area contributed by atoms with Crippen molar-refractivity contribution in [3.05, 3.63) is 57.6 Å². The third-order valence-electron chi connectivity index (χ3n) is 4.02. The van der Waals surface area contributed by atoms with Crippen molar-refractivity contribution in [2.75, 3.05) is 23.9 Å². The molecule has 0 aromatic heterocycles. The van der Waals surface area contributed by atoms with Gasteiger partial charge in [0.05, 0.1) is 22.2 Å². The molecule has 0 spiro atoms. The number of alkyl halides is 3. The zero-order valence-electron chi connectivity index (χ0n) is 14.0. The third-order valence-corrected chi connectivity index (χ3v) is 4.02. The van der Waals surface area contributed by atoms with Crippen molar-refractivity contribution in [1.82, 2.24) is 0 Å². The molecule has 27 heavy (non-hydrogen) atoms. The molecule has 0 saturated carbocycles. The minimum absolute atomic E-state index is 0.132. The maximum Gasteiger partial charge on any atom is 0.416 e. The van der Waals surface area contributed by atoms with E-state index in [0.717, 1.165) is 12.1 Å². The Kier molecular flexibility index (Phi) is 4.64. The van der Waals surface area contributed by atoms with Crippen LogP contribution in [0.25, 0.3) is 0 Å². The number of ether oxygens (including phenoxy) is 1. The van der Waals surface area contributed by atoms with Crippen LogP contribution in [0.1, 0.15) is 11.1 Å². The number of carbonyl (C=O) groups is 1. The number of benzene rings is 2. The molecule has 1 heterocycles. The maximum absolute atomic E-state index is 12.6. The molecule has 1 aliphatic heterocycles. The van der Waals surface area contributed by atoms with Crippen LogP contribution in [-0.2, 0) is 17.5 Å². The van der Waals surface area contributed by atoms with E-state index in [2.05, 4.69) is 5.32 Å². The number of fused-ring (bicyclic) bond motifs is 1. The standard InChI is InChI=1S/C17H14F3N3O4/c1-22(8-10-2-4-11(5-3-10)17(18,19)20)13-6-12-15(7-14(13)23(25)26)27-9-16(24)21-12/h2-7H,8-9H2,1H3,(H,21,24). The van der Waals surface area contributed by atoms with Crippen molar-refractivity contribution in [2.24, 2.45) is 0 Å². The monoisotopic (exact) mass is 381 g/mol. The number of nitrogens with one attached hydrogen (secondary N) is 1. The number of carbonyl (C=O) groups excluding carboxylic acids is 1. The van der Waals surface area contributed by atoms with E-state index in [1.54, 1.807) is 7.05 Å². The Bertz CT molecular complexity index is 898. The number of nitro benzene ring substituents is 1. The van der Waals surface area contributed by atoms with Crippen molar-refractivity contribution in [3.8, 4) is 5.75 Å². The first-order chi connectivity index (χ1) is 12.6. The van der Waals surface area contributed by atoms with Crippen LogP contribution in [0.15, 0.2) is 36.4 Å². The number of amides is 1. The Morgan fingerprint density at radius 3 is 2.52 bits per heavy atom. The van der Waals surface area contributed by atoms with Gasteiger partial charge in [0.15, 0.2) is 12.4 Å². The number of nitrogens with zero attached hydrogens (tertiary/aromatic N) is 2. The van der Waals surface area contributed by atoms with Gasteiger partial charge >= 0.3 is 6.18 Å². The minimum atomic E-state index is -4.43. The predicted octanol–water partition coefficient (Wildman–Crippen LogP) is 3.58. The van der Waals surface area contributed by atoms with Crippen molar-refractivity contribution in [1.29, 1.82) is 0 Å². The van der Waals surface area contributed by atoms with Crippen molar-refractivity contribution < 1.29 is 27.6 Å². The second-order valence-electron chi connectivity index (χ2n) is 5.98. The average Bonchev–Trinajstić information content (AvgIpc) is 2.60. The Hall–Kier alpha value is -3.30. The van der Waals surface area contributed by atoms with Crippen LogP contribution in [0.4, 0.5) is 30.2 Å². The summed E-state index contributed by atoms with van der Waals surface area (Å²) >= 11 is 0. The normalized spacial score (nSPS) is 13.4. The molecule has 1 aliphatic rings. The van der Waals surface area contributed by atoms with E-state index in [9.17, 15) is 28.1 Å². The van der Waals surface area contributed by atoms with E-state index >= 15 is 0 Å². The van der Waals surface area contributed by atoms with Crippen LogP contribution in [0, 0.1) is 10.1 Å². The fourth-order valence-corrected chi connectivity index (χ4v) is 2.71. The van der Waals surface area contributed by atoms with E-state index in [0.29, 0.717) is 11.3 Å². The number of halogens is 3. The van der Waals surface area contributed by atoms with Gasteiger partial charge < -0.3 is 15.0 Å². The molecule has 10 heteroatoms. The van der Waals surface area contributed by atoms with Gasteiger partial charge in [-0.2, -0.15) is 13.2 Å². The summed E-state index contributed by atoms with van der Waals surface area (Å²) in [6.45, 7) is -0.0997. The van der Waals surface area contributed by atoms with E-state index < -0.39 is 16.7 Å². The van der Waals surface area contributed by atoms with Gasteiger partial charge in [0.1, 0.15) is 5.69 Å². The summed E-state index contributed by atoms with van der Waals surface area (Å²) < 4.78 is 43.1. The summed E-state index contributed by atoms with van der Waals surface area (Å²) in [5, 5.41) is 14.0. The number of anilines is 2. The largest absolute Gasteiger partial charge is 0.481 e. The van der Waals surface area contributed by atoms with Gasteiger partial charge in [-0.1, -0.05) is 12.1 Å². The predicted molar refractivity (Wildman–Crippen MR) is 90.8 cm³/mol. The lowest BCUT2D eigenvalue weighted by Gasteiger charge is -2.23. The van der Waals surface area contributed by atoms with Crippen LogP contribution < -0.4 is 15.0 Å². The summed E-state index contributed by atoms with van der Waals surface area (Å²) in [4.78, 5) is 23.8. The Morgan fingerprint density at radius 2 is 1.93 bits per heavy atom. The van der Waals surface area contributed by atoms with Crippen LogP contribution in [0.2, 0.25) is 0 Å². The molecule has 1 N–H and O–H groups in total. The molecule has 0 atom stereocenters. The number of hydrogen-bond donors (Lipinski definition) is 1. The van der Waals surface area contributed by atoms with E-state index in [-0.39, 0.29) is 36.2 Å². The molecule has 2 aromatic rings. The summed E-state index contributed by atoms with van der Waals surface area (Å²) in [7, 11) is 1.57. The van der Waals surface area contributed by atoms with Gasteiger partial charge in [0.2, 0.25) is 0 Å². The summed E-state index contributed by atoms with van der Waals surface area (Å²) in [6.07, 6.45) is -4.43. The topological polar surface area (TPSA) is 84.7 Å². The van der Waals surface area contributed by atoms with Crippen LogP contribution >= 0.6 is 0 Å². The number of rotatable bonds is 4. The van der Waals surface area contributed by atoms with Gasteiger partial charge in [-0.3, -0.25) is 14.9 Å². The van der Waals surface area contributed by atoms with Gasteiger partial charge in [-0.05, 0) is 23.8 Å². The van der Waals surface area contributed by atoms with Crippen LogP contribution in [0.3, 0.4) is 0 Å². The summed E-state index contributed by atoms with van der Waals surface area (Å²) in [6, 6.07) is 7.17. The SMILES string of the molecule is CN(Cc1ccc(C(F)(F)F)cc1)c1cc2c(cc1[N+](=O)[O-])OCC(=O)N2. The molecule has 3 rings (SSSR count). The van der Waals surface area contributed by atoms with Gasteiger partial charge in [-0.15, -0.1) is 0 Å². The molecule has 0 radical (unpaired) electrons.